The zero-order valence-electron chi connectivity index (χ0n) is 6.16. The second-order valence-electron chi connectivity index (χ2n) is 2.26. The van der Waals surface area contributed by atoms with Crippen LogP contribution in [-0.2, 0) is 4.79 Å². The molecule has 0 aliphatic heterocycles. The minimum Gasteiger partial charge on any atom is -0.322 e. The van der Waals surface area contributed by atoms with Crippen molar-refractivity contribution in [2.45, 2.75) is 13.0 Å². The van der Waals surface area contributed by atoms with Gasteiger partial charge in [-0.3, -0.25) is 9.89 Å². The summed E-state index contributed by atoms with van der Waals surface area (Å²) in [4.78, 5) is 10.9. The largest absolute Gasteiger partial charge is 0.322 e. The molecule has 60 valence electrons. The molecule has 5 nitrogen and oxygen atoms in total. The molecule has 1 heterocycles. The molecular formula is C6H10N4O. The Hall–Kier alpha value is -1.36. The van der Waals surface area contributed by atoms with Gasteiger partial charge < -0.3 is 11.1 Å². The van der Waals surface area contributed by atoms with Crippen molar-refractivity contribution in [3.05, 3.63) is 12.4 Å². The van der Waals surface area contributed by atoms with Gasteiger partial charge in [-0.1, -0.05) is 0 Å². The summed E-state index contributed by atoms with van der Waals surface area (Å²) < 4.78 is 0. The fraction of sp³-hybridized carbons (Fsp3) is 0.333. The van der Waals surface area contributed by atoms with E-state index in [1.807, 2.05) is 0 Å². The van der Waals surface area contributed by atoms with Crippen LogP contribution in [-0.4, -0.2) is 22.1 Å². The third-order valence-corrected chi connectivity index (χ3v) is 1.18. The number of nitrogens with two attached hydrogens (primary N) is 1. The Kier molecular flexibility index (Phi) is 2.22. The zero-order valence-corrected chi connectivity index (χ0v) is 6.16. The highest BCUT2D eigenvalue weighted by molar-refractivity contribution is 5.94. The summed E-state index contributed by atoms with van der Waals surface area (Å²) in [7, 11) is 0. The first-order valence-electron chi connectivity index (χ1n) is 3.25. The van der Waals surface area contributed by atoms with Crippen LogP contribution in [0.1, 0.15) is 6.92 Å². The highest BCUT2D eigenvalue weighted by Crippen LogP contribution is 2.00. The SMILES string of the molecule is C[C@@H](N)C(=O)Nc1cn[nH]c1. The molecule has 0 aliphatic rings. The molecule has 0 unspecified atom stereocenters. The molecule has 1 aromatic heterocycles. The predicted molar refractivity (Wildman–Crippen MR) is 40.9 cm³/mol. The summed E-state index contributed by atoms with van der Waals surface area (Å²) in [5.41, 5.74) is 5.94. The van der Waals surface area contributed by atoms with Crippen molar-refractivity contribution in [3.63, 3.8) is 0 Å². The number of carbonyl (C=O) groups excluding carboxylic acids is 1. The number of aromatic nitrogens is 2. The van der Waals surface area contributed by atoms with E-state index in [0.29, 0.717) is 5.69 Å². The van der Waals surface area contributed by atoms with Crippen LogP contribution in [0.15, 0.2) is 12.4 Å². The number of nitrogens with zero attached hydrogens (tertiary/aromatic N) is 1. The Labute approximate surface area is 64.0 Å². The number of rotatable bonds is 2. The molecule has 0 bridgehead atoms. The quantitative estimate of drug-likeness (QED) is 0.546. The maximum Gasteiger partial charge on any atom is 0.241 e. The van der Waals surface area contributed by atoms with Crippen molar-refractivity contribution in [1.29, 1.82) is 0 Å². The molecule has 0 aromatic carbocycles. The van der Waals surface area contributed by atoms with Crippen LogP contribution >= 0.6 is 0 Å². The molecule has 0 aliphatic carbocycles. The lowest BCUT2D eigenvalue weighted by atomic mass is 10.3. The van der Waals surface area contributed by atoms with E-state index in [0.717, 1.165) is 0 Å². The van der Waals surface area contributed by atoms with Crippen molar-refractivity contribution in [2.24, 2.45) is 5.73 Å². The van der Waals surface area contributed by atoms with Crippen molar-refractivity contribution >= 4 is 11.6 Å². The summed E-state index contributed by atoms with van der Waals surface area (Å²) in [5.74, 6) is -0.216. The van der Waals surface area contributed by atoms with Crippen molar-refractivity contribution < 1.29 is 4.79 Å². The summed E-state index contributed by atoms with van der Waals surface area (Å²) in [6, 6.07) is -0.495. The normalized spacial score (nSPS) is 12.5. The van der Waals surface area contributed by atoms with Crippen LogP contribution in [0.2, 0.25) is 0 Å². The van der Waals surface area contributed by atoms with Gasteiger partial charge >= 0.3 is 0 Å². The van der Waals surface area contributed by atoms with Crippen molar-refractivity contribution in [2.75, 3.05) is 5.32 Å². The van der Waals surface area contributed by atoms with Gasteiger partial charge in [0.1, 0.15) is 0 Å². The Morgan fingerprint density at radius 2 is 2.64 bits per heavy atom. The lowest BCUT2D eigenvalue weighted by Crippen LogP contribution is -2.32. The smallest absolute Gasteiger partial charge is 0.241 e. The van der Waals surface area contributed by atoms with E-state index in [2.05, 4.69) is 15.5 Å². The van der Waals surface area contributed by atoms with Crippen LogP contribution in [0.3, 0.4) is 0 Å². The van der Waals surface area contributed by atoms with Gasteiger partial charge in [0.05, 0.1) is 17.9 Å². The van der Waals surface area contributed by atoms with Crippen LogP contribution in [0.5, 0.6) is 0 Å². The molecule has 0 radical (unpaired) electrons. The fourth-order valence-electron chi connectivity index (χ4n) is 0.575. The lowest BCUT2D eigenvalue weighted by molar-refractivity contribution is -0.117. The molecular weight excluding hydrogens is 144 g/mol. The van der Waals surface area contributed by atoms with E-state index in [-0.39, 0.29) is 5.91 Å². The van der Waals surface area contributed by atoms with E-state index in [1.165, 1.54) is 6.20 Å². The highest BCUT2D eigenvalue weighted by Gasteiger charge is 2.06. The maximum absolute atomic E-state index is 10.9. The molecule has 5 heteroatoms. The van der Waals surface area contributed by atoms with Gasteiger partial charge in [0, 0.05) is 6.20 Å². The van der Waals surface area contributed by atoms with Crippen LogP contribution in [0.25, 0.3) is 0 Å². The second-order valence-corrected chi connectivity index (χ2v) is 2.26. The monoisotopic (exact) mass is 154 g/mol. The molecule has 1 aromatic rings. The van der Waals surface area contributed by atoms with E-state index in [4.69, 9.17) is 5.73 Å². The van der Waals surface area contributed by atoms with E-state index in [9.17, 15) is 4.79 Å². The van der Waals surface area contributed by atoms with Crippen LogP contribution in [0, 0.1) is 0 Å². The zero-order chi connectivity index (χ0) is 8.27. The molecule has 0 saturated carbocycles. The first-order chi connectivity index (χ1) is 5.20. The summed E-state index contributed by atoms with van der Waals surface area (Å²) >= 11 is 0. The first-order valence-corrected chi connectivity index (χ1v) is 3.25. The van der Waals surface area contributed by atoms with Crippen LogP contribution in [0.4, 0.5) is 5.69 Å². The van der Waals surface area contributed by atoms with Gasteiger partial charge in [0.2, 0.25) is 5.91 Å². The molecule has 1 rings (SSSR count). The number of hydrogen-bond donors (Lipinski definition) is 3. The molecule has 1 atom stereocenters. The molecule has 0 fully saturated rings. The first kappa shape index (κ1) is 7.74. The summed E-state index contributed by atoms with van der Waals surface area (Å²) in [5, 5.41) is 8.79. The highest BCUT2D eigenvalue weighted by atomic mass is 16.2. The van der Waals surface area contributed by atoms with E-state index < -0.39 is 6.04 Å². The Morgan fingerprint density at radius 3 is 3.09 bits per heavy atom. The second kappa shape index (κ2) is 3.16. The Balaban J connectivity index is 2.50. The van der Waals surface area contributed by atoms with E-state index in [1.54, 1.807) is 13.1 Å². The topological polar surface area (TPSA) is 83.8 Å². The standard InChI is InChI=1S/C6H10N4O/c1-4(7)6(11)10-5-2-8-9-3-5/h2-4H,7H2,1H3,(H,8,9)(H,10,11)/t4-/m1/s1. The van der Waals surface area contributed by atoms with Gasteiger partial charge in [0.25, 0.3) is 0 Å². The fourth-order valence-corrected chi connectivity index (χ4v) is 0.575. The maximum atomic E-state index is 10.9. The number of anilines is 1. The van der Waals surface area contributed by atoms with Crippen molar-refractivity contribution in [1.82, 2.24) is 10.2 Å². The third-order valence-electron chi connectivity index (χ3n) is 1.18. The molecule has 0 saturated heterocycles. The van der Waals surface area contributed by atoms with Gasteiger partial charge in [-0.25, -0.2) is 0 Å². The summed E-state index contributed by atoms with van der Waals surface area (Å²) in [6.07, 6.45) is 3.10. The average Bonchev–Trinajstić information content (AvgIpc) is 2.39. The third kappa shape index (κ3) is 2.05. The minimum absolute atomic E-state index is 0.216. The number of carbonyl (C=O) groups is 1. The van der Waals surface area contributed by atoms with E-state index >= 15 is 0 Å². The lowest BCUT2D eigenvalue weighted by Gasteiger charge is -2.03. The number of nitrogens with one attached hydrogen (secondary N) is 2. The Bertz CT molecular complexity index is 229. The summed E-state index contributed by atoms with van der Waals surface area (Å²) in [6.45, 7) is 1.62. The molecule has 0 spiro atoms. The predicted octanol–water partition coefficient (Wildman–Crippen LogP) is -0.305. The van der Waals surface area contributed by atoms with Gasteiger partial charge in [0.15, 0.2) is 0 Å². The number of aromatic amines is 1. The van der Waals surface area contributed by atoms with Crippen molar-refractivity contribution in [3.8, 4) is 0 Å². The van der Waals surface area contributed by atoms with Crippen LogP contribution < -0.4 is 11.1 Å². The number of H-pyrrole nitrogens is 1. The van der Waals surface area contributed by atoms with Gasteiger partial charge in [-0.2, -0.15) is 5.10 Å². The van der Waals surface area contributed by atoms with Gasteiger partial charge in [-0.05, 0) is 6.92 Å². The number of hydrogen-bond acceptors (Lipinski definition) is 3. The van der Waals surface area contributed by atoms with Gasteiger partial charge in [-0.15, -0.1) is 0 Å². The average molecular weight is 154 g/mol. The molecule has 4 N–H and O–H groups in total. The minimum atomic E-state index is -0.495. The molecule has 1 amide bonds. The molecule has 11 heavy (non-hydrogen) atoms. The Morgan fingerprint density at radius 1 is 1.91 bits per heavy atom. The number of amides is 1.